The van der Waals surface area contributed by atoms with E-state index in [4.69, 9.17) is 5.11 Å². The fourth-order valence-electron chi connectivity index (χ4n) is 1.43. The van der Waals surface area contributed by atoms with E-state index >= 15 is 0 Å². The van der Waals surface area contributed by atoms with E-state index in [1.807, 2.05) is 30.3 Å². The van der Waals surface area contributed by atoms with Crippen molar-refractivity contribution in [3.05, 3.63) is 46.2 Å². The van der Waals surface area contributed by atoms with Crippen molar-refractivity contribution in [2.75, 3.05) is 0 Å². The third-order valence-corrected chi connectivity index (χ3v) is 2.79. The number of nitrogens with zero attached hydrogens (tertiary/aromatic N) is 3. The predicted octanol–water partition coefficient (Wildman–Crippen LogP) is 1.98. The summed E-state index contributed by atoms with van der Waals surface area (Å²) in [5.74, 6) is -1.08. The lowest BCUT2D eigenvalue weighted by molar-refractivity contribution is 0.0688. The SMILES string of the molecule is O=C(O)c1nn(CCc2ccccc2)nc1Br. The Bertz CT molecular complexity index is 525. The van der Waals surface area contributed by atoms with Gasteiger partial charge in [0.15, 0.2) is 4.60 Å². The van der Waals surface area contributed by atoms with Crippen LogP contribution in [0.2, 0.25) is 0 Å². The summed E-state index contributed by atoms with van der Waals surface area (Å²) in [7, 11) is 0. The summed E-state index contributed by atoms with van der Waals surface area (Å²) in [5, 5.41) is 16.7. The summed E-state index contributed by atoms with van der Waals surface area (Å²) in [6.07, 6.45) is 0.765. The van der Waals surface area contributed by atoms with Crippen molar-refractivity contribution in [3.8, 4) is 0 Å². The molecule has 1 heterocycles. The van der Waals surface area contributed by atoms with Gasteiger partial charge in [-0.05, 0) is 27.9 Å². The van der Waals surface area contributed by atoms with Gasteiger partial charge >= 0.3 is 5.97 Å². The molecule has 6 heteroatoms. The first-order chi connectivity index (χ1) is 8.16. The van der Waals surface area contributed by atoms with E-state index in [0.29, 0.717) is 6.54 Å². The summed E-state index contributed by atoms with van der Waals surface area (Å²) in [6, 6.07) is 9.90. The Labute approximate surface area is 106 Å². The van der Waals surface area contributed by atoms with Crippen molar-refractivity contribution in [1.82, 2.24) is 15.0 Å². The molecule has 17 heavy (non-hydrogen) atoms. The molecule has 0 aliphatic carbocycles. The lowest BCUT2D eigenvalue weighted by Crippen LogP contribution is -2.06. The first kappa shape index (κ1) is 11.8. The summed E-state index contributed by atoms with van der Waals surface area (Å²) in [6.45, 7) is 0.551. The van der Waals surface area contributed by atoms with Gasteiger partial charge in [0.05, 0.1) is 6.54 Å². The number of hydrogen-bond acceptors (Lipinski definition) is 3. The molecule has 0 radical (unpaired) electrons. The number of aromatic carboxylic acids is 1. The van der Waals surface area contributed by atoms with E-state index in [-0.39, 0.29) is 10.3 Å². The summed E-state index contributed by atoms with van der Waals surface area (Å²) >= 11 is 3.07. The number of benzene rings is 1. The van der Waals surface area contributed by atoms with Crippen LogP contribution in [0.1, 0.15) is 16.1 Å². The van der Waals surface area contributed by atoms with Gasteiger partial charge in [-0.1, -0.05) is 30.3 Å². The molecule has 2 aromatic rings. The maximum atomic E-state index is 10.8. The number of aryl methyl sites for hydroxylation is 2. The summed E-state index contributed by atoms with van der Waals surface area (Å²) < 4.78 is 0.262. The Morgan fingerprint density at radius 3 is 2.59 bits per heavy atom. The molecule has 0 bridgehead atoms. The maximum absolute atomic E-state index is 10.8. The number of rotatable bonds is 4. The van der Waals surface area contributed by atoms with Crippen LogP contribution in [0.15, 0.2) is 34.9 Å². The molecule has 1 N–H and O–H groups in total. The minimum atomic E-state index is -1.08. The van der Waals surface area contributed by atoms with E-state index in [2.05, 4.69) is 26.1 Å². The zero-order valence-electron chi connectivity index (χ0n) is 8.88. The molecular weight excluding hydrogens is 286 g/mol. The highest BCUT2D eigenvalue weighted by molar-refractivity contribution is 9.10. The first-order valence-corrected chi connectivity index (χ1v) is 5.84. The molecule has 5 nitrogen and oxygen atoms in total. The van der Waals surface area contributed by atoms with E-state index < -0.39 is 5.97 Å². The van der Waals surface area contributed by atoms with E-state index in [1.165, 1.54) is 4.80 Å². The third kappa shape index (κ3) is 2.91. The molecule has 0 aliphatic rings. The molecular formula is C11H10BrN3O2. The van der Waals surface area contributed by atoms with Gasteiger partial charge in [0.25, 0.3) is 0 Å². The van der Waals surface area contributed by atoms with Crippen LogP contribution in [0.5, 0.6) is 0 Å². The second kappa shape index (κ2) is 5.09. The van der Waals surface area contributed by atoms with Crippen LogP contribution in [0, 0.1) is 0 Å². The Kier molecular flexibility index (Phi) is 3.53. The number of carboxylic acid groups (broad SMARTS) is 1. The van der Waals surface area contributed by atoms with E-state index in [9.17, 15) is 4.79 Å². The molecule has 0 spiro atoms. The van der Waals surface area contributed by atoms with Crippen LogP contribution in [-0.4, -0.2) is 26.1 Å². The van der Waals surface area contributed by atoms with Crippen LogP contribution in [-0.2, 0) is 13.0 Å². The van der Waals surface area contributed by atoms with Crippen molar-refractivity contribution < 1.29 is 9.90 Å². The van der Waals surface area contributed by atoms with Crippen LogP contribution < -0.4 is 0 Å². The van der Waals surface area contributed by atoms with Crippen molar-refractivity contribution in [2.45, 2.75) is 13.0 Å². The normalized spacial score (nSPS) is 10.4. The Morgan fingerprint density at radius 2 is 2.00 bits per heavy atom. The Hall–Kier alpha value is -1.69. The van der Waals surface area contributed by atoms with Gasteiger partial charge in [-0.15, -0.1) is 10.2 Å². The van der Waals surface area contributed by atoms with Crippen LogP contribution in [0.25, 0.3) is 0 Å². The molecule has 0 fully saturated rings. The molecule has 0 unspecified atom stereocenters. The number of carbonyl (C=O) groups is 1. The number of hydrogen-bond donors (Lipinski definition) is 1. The highest BCUT2D eigenvalue weighted by Gasteiger charge is 2.14. The minimum Gasteiger partial charge on any atom is -0.476 e. The first-order valence-electron chi connectivity index (χ1n) is 5.04. The van der Waals surface area contributed by atoms with E-state index in [1.54, 1.807) is 0 Å². The predicted molar refractivity (Wildman–Crippen MR) is 64.8 cm³/mol. The average molecular weight is 296 g/mol. The second-order valence-corrected chi connectivity index (χ2v) is 4.23. The fraction of sp³-hybridized carbons (Fsp3) is 0.182. The fourth-order valence-corrected chi connectivity index (χ4v) is 1.86. The molecule has 0 saturated carbocycles. The average Bonchev–Trinajstić information content (AvgIpc) is 2.69. The van der Waals surface area contributed by atoms with Gasteiger partial charge in [-0.3, -0.25) is 0 Å². The quantitative estimate of drug-likeness (QED) is 0.936. The van der Waals surface area contributed by atoms with Gasteiger partial charge in [0.2, 0.25) is 5.69 Å². The van der Waals surface area contributed by atoms with Crippen molar-refractivity contribution in [1.29, 1.82) is 0 Å². The van der Waals surface area contributed by atoms with E-state index in [0.717, 1.165) is 12.0 Å². The topological polar surface area (TPSA) is 68.0 Å². The number of aromatic nitrogens is 3. The van der Waals surface area contributed by atoms with Crippen molar-refractivity contribution in [2.24, 2.45) is 0 Å². The number of carboxylic acids is 1. The molecule has 2 rings (SSSR count). The Balaban J connectivity index is 2.05. The Morgan fingerprint density at radius 1 is 1.29 bits per heavy atom. The zero-order chi connectivity index (χ0) is 12.3. The summed E-state index contributed by atoms with van der Waals surface area (Å²) in [4.78, 5) is 12.2. The van der Waals surface area contributed by atoms with Gasteiger partial charge in [0.1, 0.15) is 0 Å². The monoisotopic (exact) mass is 295 g/mol. The standard InChI is InChI=1S/C11H10BrN3O2/c12-10-9(11(16)17)13-15(14-10)7-6-8-4-2-1-3-5-8/h1-5H,6-7H2,(H,16,17). The minimum absolute atomic E-state index is 0.0574. The van der Waals surface area contributed by atoms with Gasteiger partial charge in [-0.2, -0.15) is 4.80 Å². The van der Waals surface area contributed by atoms with Gasteiger partial charge in [0, 0.05) is 0 Å². The maximum Gasteiger partial charge on any atom is 0.359 e. The number of halogens is 1. The molecule has 1 aromatic heterocycles. The third-order valence-electron chi connectivity index (χ3n) is 2.26. The van der Waals surface area contributed by atoms with Crippen LogP contribution >= 0.6 is 15.9 Å². The van der Waals surface area contributed by atoms with Gasteiger partial charge in [-0.25, -0.2) is 4.79 Å². The lowest BCUT2D eigenvalue weighted by Gasteiger charge is -1.99. The molecule has 0 saturated heterocycles. The van der Waals surface area contributed by atoms with Crippen molar-refractivity contribution >= 4 is 21.9 Å². The smallest absolute Gasteiger partial charge is 0.359 e. The second-order valence-electron chi connectivity index (χ2n) is 3.48. The molecule has 0 amide bonds. The lowest BCUT2D eigenvalue weighted by atomic mass is 10.2. The highest BCUT2D eigenvalue weighted by Crippen LogP contribution is 2.11. The van der Waals surface area contributed by atoms with Crippen molar-refractivity contribution in [3.63, 3.8) is 0 Å². The molecule has 1 aromatic carbocycles. The van der Waals surface area contributed by atoms with Crippen LogP contribution in [0.4, 0.5) is 0 Å². The summed E-state index contributed by atoms with van der Waals surface area (Å²) in [5.41, 5.74) is 1.11. The van der Waals surface area contributed by atoms with Crippen LogP contribution in [0.3, 0.4) is 0 Å². The molecule has 0 aliphatic heterocycles. The highest BCUT2D eigenvalue weighted by atomic mass is 79.9. The zero-order valence-corrected chi connectivity index (χ0v) is 10.5. The molecule has 0 atom stereocenters. The molecule has 88 valence electrons. The largest absolute Gasteiger partial charge is 0.476 e. The van der Waals surface area contributed by atoms with Gasteiger partial charge < -0.3 is 5.11 Å².